The van der Waals surface area contributed by atoms with Gasteiger partial charge >= 0.3 is 0 Å². The average Bonchev–Trinajstić information content (AvgIpc) is 2.80. The van der Waals surface area contributed by atoms with E-state index in [0.29, 0.717) is 12.3 Å². The van der Waals surface area contributed by atoms with E-state index in [9.17, 15) is 4.79 Å². The standard InChI is InChI=1S/C17H18N2O/c1-13-7-8-18-15(9-13)10-14-11-17(20)19(12-14)16-5-3-2-4-6-16/h2-9,14H,10-12H2,1H3. The van der Waals surface area contributed by atoms with Gasteiger partial charge in [0.1, 0.15) is 0 Å². The number of para-hydroxylation sites is 1. The molecule has 3 rings (SSSR count). The van der Waals surface area contributed by atoms with E-state index < -0.39 is 0 Å². The molecule has 102 valence electrons. The van der Waals surface area contributed by atoms with Crippen LogP contribution in [0.15, 0.2) is 48.7 Å². The first-order valence-corrected chi connectivity index (χ1v) is 6.99. The first-order chi connectivity index (χ1) is 9.72. The summed E-state index contributed by atoms with van der Waals surface area (Å²) < 4.78 is 0. The molecule has 0 radical (unpaired) electrons. The van der Waals surface area contributed by atoms with Gasteiger partial charge in [0.25, 0.3) is 0 Å². The van der Waals surface area contributed by atoms with Crippen LogP contribution in [0.3, 0.4) is 0 Å². The van der Waals surface area contributed by atoms with Crippen molar-refractivity contribution in [2.24, 2.45) is 5.92 Å². The van der Waals surface area contributed by atoms with E-state index >= 15 is 0 Å². The zero-order valence-corrected chi connectivity index (χ0v) is 11.6. The van der Waals surface area contributed by atoms with E-state index in [1.54, 1.807) is 0 Å². The predicted molar refractivity (Wildman–Crippen MR) is 79.6 cm³/mol. The highest BCUT2D eigenvalue weighted by Crippen LogP contribution is 2.26. The molecule has 1 amide bonds. The molecule has 2 aromatic rings. The Bertz CT molecular complexity index is 609. The van der Waals surface area contributed by atoms with Crippen LogP contribution < -0.4 is 4.90 Å². The Kier molecular flexibility index (Phi) is 3.50. The number of aryl methyl sites for hydroxylation is 1. The summed E-state index contributed by atoms with van der Waals surface area (Å²) in [7, 11) is 0. The molecule has 0 bridgehead atoms. The van der Waals surface area contributed by atoms with Crippen molar-refractivity contribution in [2.45, 2.75) is 19.8 Å². The first kappa shape index (κ1) is 12.9. The normalized spacial score (nSPS) is 18.6. The SMILES string of the molecule is Cc1ccnc(CC2CC(=O)N(c3ccccc3)C2)c1. The minimum Gasteiger partial charge on any atom is -0.312 e. The van der Waals surface area contributed by atoms with Crippen LogP contribution in [-0.4, -0.2) is 17.4 Å². The summed E-state index contributed by atoms with van der Waals surface area (Å²) in [6.45, 7) is 2.86. The Morgan fingerprint density at radius 3 is 2.80 bits per heavy atom. The summed E-state index contributed by atoms with van der Waals surface area (Å²) >= 11 is 0. The molecule has 1 atom stereocenters. The quantitative estimate of drug-likeness (QED) is 0.855. The van der Waals surface area contributed by atoms with Crippen LogP contribution in [0, 0.1) is 12.8 Å². The molecule has 1 aliphatic rings. The second kappa shape index (κ2) is 5.45. The van der Waals surface area contributed by atoms with E-state index in [-0.39, 0.29) is 5.91 Å². The Hall–Kier alpha value is -2.16. The van der Waals surface area contributed by atoms with Crippen LogP contribution >= 0.6 is 0 Å². The van der Waals surface area contributed by atoms with E-state index in [1.807, 2.05) is 47.5 Å². The Balaban J connectivity index is 1.71. The minimum atomic E-state index is 0.217. The first-order valence-electron chi connectivity index (χ1n) is 6.99. The molecule has 1 aliphatic heterocycles. The summed E-state index contributed by atoms with van der Waals surface area (Å²) in [6.07, 6.45) is 3.33. The van der Waals surface area contributed by atoms with Gasteiger partial charge in [0.15, 0.2) is 0 Å². The fourth-order valence-corrected chi connectivity index (χ4v) is 2.78. The number of aromatic nitrogens is 1. The van der Waals surface area contributed by atoms with Crippen LogP contribution in [-0.2, 0) is 11.2 Å². The molecule has 0 N–H and O–H groups in total. The summed E-state index contributed by atoms with van der Waals surface area (Å²) in [5.74, 6) is 0.575. The van der Waals surface area contributed by atoms with Crippen molar-refractivity contribution in [2.75, 3.05) is 11.4 Å². The number of carbonyl (C=O) groups excluding carboxylic acids is 1. The lowest BCUT2D eigenvalue weighted by molar-refractivity contribution is -0.117. The third kappa shape index (κ3) is 2.72. The van der Waals surface area contributed by atoms with E-state index in [2.05, 4.69) is 18.0 Å². The van der Waals surface area contributed by atoms with Gasteiger partial charge in [0.05, 0.1) is 0 Å². The van der Waals surface area contributed by atoms with Gasteiger partial charge in [-0.25, -0.2) is 0 Å². The van der Waals surface area contributed by atoms with Crippen molar-refractivity contribution in [3.8, 4) is 0 Å². The molecule has 1 saturated heterocycles. The van der Waals surface area contributed by atoms with Crippen molar-refractivity contribution in [3.63, 3.8) is 0 Å². The summed E-state index contributed by atoms with van der Waals surface area (Å²) in [5, 5.41) is 0. The van der Waals surface area contributed by atoms with E-state index in [0.717, 1.165) is 24.3 Å². The molecule has 0 aliphatic carbocycles. The Morgan fingerprint density at radius 1 is 1.25 bits per heavy atom. The summed E-state index contributed by atoms with van der Waals surface area (Å²) in [5.41, 5.74) is 3.30. The molecule has 3 heteroatoms. The number of amides is 1. The largest absolute Gasteiger partial charge is 0.312 e. The fourth-order valence-electron chi connectivity index (χ4n) is 2.78. The number of hydrogen-bond acceptors (Lipinski definition) is 2. The molecule has 2 heterocycles. The van der Waals surface area contributed by atoms with Gasteiger partial charge in [-0.15, -0.1) is 0 Å². The number of rotatable bonds is 3. The lowest BCUT2D eigenvalue weighted by atomic mass is 10.0. The molecular weight excluding hydrogens is 248 g/mol. The summed E-state index contributed by atoms with van der Waals surface area (Å²) in [4.78, 5) is 18.4. The van der Waals surface area contributed by atoms with E-state index in [1.165, 1.54) is 5.56 Å². The maximum absolute atomic E-state index is 12.1. The third-order valence-electron chi connectivity index (χ3n) is 3.74. The molecule has 20 heavy (non-hydrogen) atoms. The van der Waals surface area contributed by atoms with Crippen molar-refractivity contribution >= 4 is 11.6 Å². The van der Waals surface area contributed by atoms with Crippen LogP contribution in [0.2, 0.25) is 0 Å². The number of pyridine rings is 1. The molecular formula is C17H18N2O. The fraction of sp³-hybridized carbons (Fsp3) is 0.294. The smallest absolute Gasteiger partial charge is 0.227 e. The van der Waals surface area contributed by atoms with Gasteiger partial charge in [-0.1, -0.05) is 18.2 Å². The van der Waals surface area contributed by atoms with Gasteiger partial charge in [0, 0.05) is 30.5 Å². The Labute approximate surface area is 119 Å². The van der Waals surface area contributed by atoms with Crippen LogP contribution in [0.5, 0.6) is 0 Å². The molecule has 3 nitrogen and oxygen atoms in total. The van der Waals surface area contributed by atoms with Gasteiger partial charge in [-0.2, -0.15) is 0 Å². The number of nitrogens with zero attached hydrogens (tertiary/aromatic N) is 2. The van der Waals surface area contributed by atoms with E-state index in [4.69, 9.17) is 0 Å². The van der Waals surface area contributed by atoms with Crippen LogP contribution in [0.4, 0.5) is 5.69 Å². The van der Waals surface area contributed by atoms with Crippen LogP contribution in [0.25, 0.3) is 0 Å². The predicted octanol–water partition coefficient (Wildman–Crippen LogP) is 2.99. The van der Waals surface area contributed by atoms with Gasteiger partial charge in [-0.3, -0.25) is 9.78 Å². The maximum Gasteiger partial charge on any atom is 0.227 e. The molecule has 1 fully saturated rings. The molecule has 0 spiro atoms. The highest BCUT2D eigenvalue weighted by Gasteiger charge is 2.30. The second-order valence-electron chi connectivity index (χ2n) is 5.44. The van der Waals surface area contributed by atoms with Crippen molar-refractivity contribution < 1.29 is 4.79 Å². The number of carbonyl (C=O) groups is 1. The minimum absolute atomic E-state index is 0.217. The van der Waals surface area contributed by atoms with Crippen molar-refractivity contribution in [1.29, 1.82) is 0 Å². The van der Waals surface area contributed by atoms with Gasteiger partial charge < -0.3 is 4.90 Å². The van der Waals surface area contributed by atoms with Crippen molar-refractivity contribution in [1.82, 2.24) is 4.98 Å². The van der Waals surface area contributed by atoms with Gasteiger partial charge in [0.2, 0.25) is 5.91 Å². The topological polar surface area (TPSA) is 33.2 Å². The monoisotopic (exact) mass is 266 g/mol. The number of anilines is 1. The zero-order valence-electron chi connectivity index (χ0n) is 11.6. The molecule has 0 saturated carbocycles. The highest BCUT2D eigenvalue weighted by molar-refractivity contribution is 5.95. The zero-order chi connectivity index (χ0) is 13.9. The maximum atomic E-state index is 12.1. The number of hydrogen-bond donors (Lipinski definition) is 0. The molecule has 1 unspecified atom stereocenters. The highest BCUT2D eigenvalue weighted by atomic mass is 16.2. The second-order valence-corrected chi connectivity index (χ2v) is 5.44. The average molecular weight is 266 g/mol. The molecule has 1 aromatic heterocycles. The Morgan fingerprint density at radius 2 is 2.05 bits per heavy atom. The number of benzene rings is 1. The molecule has 1 aromatic carbocycles. The van der Waals surface area contributed by atoms with Crippen LogP contribution in [0.1, 0.15) is 17.7 Å². The third-order valence-corrected chi connectivity index (χ3v) is 3.74. The summed E-state index contributed by atoms with van der Waals surface area (Å²) in [6, 6.07) is 14.0. The lowest BCUT2D eigenvalue weighted by Gasteiger charge is -2.16. The van der Waals surface area contributed by atoms with Crippen molar-refractivity contribution in [3.05, 3.63) is 59.9 Å². The van der Waals surface area contributed by atoms with Gasteiger partial charge in [-0.05, 0) is 49.1 Å². The lowest BCUT2D eigenvalue weighted by Crippen LogP contribution is -2.24.